The molecule has 0 amide bonds. The molecule has 1 aromatic carbocycles. The van der Waals surface area contributed by atoms with Gasteiger partial charge in [0.2, 0.25) is 10.0 Å². The minimum atomic E-state index is -3.91. The van der Waals surface area contributed by atoms with Gasteiger partial charge < -0.3 is 10.5 Å². The van der Waals surface area contributed by atoms with Gasteiger partial charge in [-0.05, 0) is 19.4 Å². The summed E-state index contributed by atoms with van der Waals surface area (Å²) < 4.78 is 44.7. The van der Waals surface area contributed by atoms with Crippen LogP contribution in [0.15, 0.2) is 17.0 Å². The number of methoxy groups -OCH3 is 1. The quantitative estimate of drug-likeness (QED) is 0.798. The van der Waals surface area contributed by atoms with Crippen LogP contribution in [0.5, 0.6) is 5.75 Å². The molecule has 0 aliphatic heterocycles. The molecule has 18 heavy (non-hydrogen) atoms. The van der Waals surface area contributed by atoms with Crippen molar-refractivity contribution in [2.45, 2.75) is 31.2 Å². The number of benzene rings is 1. The lowest BCUT2D eigenvalue weighted by atomic mass is 10.3. The van der Waals surface area contributed by atoms with Crippen LogP contribution >= 0.6 is 0 Å². The van der Waals surface area contributed by atoms with E-state index in [2.05, 4.69) is 4.72 Å². The van der Waals surface area contributed by atoms with Crippen LogP contribution in [0.2, 0.25) is 0 Å². The molecule has 0 spiro atoms. The molecule has 0 fully saturated rings. The van der Waals surface area contributed by atoms with Gasteiger partial charge in [0.05, 0.1) is 12.8 Å². The number of ether oxygens (including phenoxy) is 1. The van der Waals surface area contributed by atoms with E-state index in [0.29, 0.717) is 6.42 Å². The number of nitrogens with one attached hydrogen (secondary N) is 1. The summed E-state index contributed by atoms with van der Waals surface area (Å²) in [5.74, 6) is -0.785. The second kappa shape index (κ2) is 5.53. The first-order chi connectivity index (χ1) is 8.31. The number of hydrogen-bond donors (Lipinski definition) is 2. The summed E-state index contributed by atoms with van der Waals surface area (Å²) in [6, 6.07) is 1.73. The molecule has 0 aliphatic carbocycles. The van der Waals surface area contributed by atoms with E-state index in [1.165, 1.54) is 7.11 Å². The second-order valence-corrected chi connectivity index (χ2v) is 5.64. The third-order valence-corrected chi connectivity index (χ3v) is 4.15. The lowest BCUT2D eigenvalue weighted by Gasteiger charge is -2.14. The Balaban J connectivity index is 3.21. The topological polar surface area (TPSA) is 81.4 Å². The zero-order chi connectivity index (χ0) is 13.9. The number of anilines is 1. The zero-order valence-corrected chi connectivity index (χ0v) is 11.3. The van der Waals surface area contributed by atoms with E-state index in [4.69, 9.17) is 10.5 Å². The van der Waals surface area contributed by atoms with Crippen molar-refractivity contribution < 1.29 is 17.5 Å². The van der Waals surface area contributed by atoms with Gasteiger partial charge in [-0.3, -0.25) is 0 Å². The molecule has 0 saturated heterocycles. The maximum atomic E-state index is 13.7. The normalized spacial score (nSPS) is 13.3. The lowest BCUT2D eigenvalue weighted by molar-refractivity contribution is 0.412. The molecule has 0 aromatic heterocycles. The fraction of sp³-hybridized carbons (Fsp3) is 0.455. The molecule has 1 atom stereocenters. The maximum Gasteiger partial charge on any atom is 0.243 e. The second-order valence-electron chi connectivity index (χ2n) is 3.96. The largest absolute Gasteiger partial charge is 0.494 e. The number of sulfonamides is 1. The first-order valence-corrected chi connectivity index (χ1v) is 6.95. The molecular weight excluding hydrogens is 259 g/mol. The van der Waals surface area contributed by atoms with Crippen molar-refractivity contribution in [2.75, 3.05) is 12.8 Å². The first kappa shape index (κ1) is 14.7. The van der Waals surface area contributed by atoms with E-state index in [1.54, 1.807) is 6.92 Å². The zero-order valence-electron chi connectivity index (χ0n) is 10.5. The predicted octanol–water partition coefficient (Wildman–Crippen LogP) is 1.49. The third-order valence-electron chi connectivity index (χ3n) is 2.54. The predicted molar refractivity (Wildman–Crippen MR) is 67.4 cm³/mol. The van der Waals surface area contributed by atoms with E-state index >= 15 is 0 Å². The summed E-state index contributed by atoms with van der Waals surface area (Å²) >= 11 is 0. The SMILES string of the molecule is CCC(C)NS(=O)(=O)c1cc(N)c(OC)cc1F. The van der Waals surface area contributed by atoms with Gasteiger partial charge in [0.1, 0.15) is 16.5 Å². The molecule has 3 N–H and O–H groups in total. The molecule has 1 unspecified atom stereocenters. The summed E-state index contributed by atoms with van der Waals surface area (Å²) in [4.78, 5) is -0.471. The van der Waals surface area contributed by atoms with Gasteiger partial charge in [-0.15, -0.1) is 0 Å². The standard InChI is InChI=1S/C11H17FN2O3S/c1-4-7(2)14-18(15,16)11-6-9(13)10(17-3)5-8(11)12/h5-7,14H,4,13H2,1-3H3. The van der Waals surface area contributed by atoms with Crippen LogP contribution in [0.1, 0.15) is 20.3 Å². The number of nitrogen functional groups attached to an aromatic ring is 1. The van der Waals surface area contributed by atoms with Crippen molar-refractivity contribution in [1.29, 1.82) is 0 Å². The molecule has 0 bridgehead atoms. The molecule has 0 radical (unpaired) electrons. The van der Waals surface area contributed by atoms with Crippen LogP contribution in [-0.2, 0) is 10.0 Å². The maximum absolute atomic E-state index is 13.7. The van der Waals surface area contributed by atoms with Crippen molar-refractivity contribution >= 4 is 15.7 Å². The van der Waals surface area contributed by atoms with Crippen LogP contribution in [-0.4, -0.2) is 21.6 Å². The Morgan fingerprint density at radius 3 is 2.61 bits per heavy atom. The third kappa shape index (κ3) is 3.11. The first-order valence-electron chi connectivity index (χ1n) is 5.47. The highest BCUT2D eigenvalue weighted by Gasteiger charge is 2.22. The van der Waals surface area contributed by atoms with Gasteiger partial charge >= 0.3 is 0 Å². The molecule has 5 nitrogen and oxygen atoms in total. The van der Waals surface area contributed by atoms with Crippen LogP contribution in [0.3, 0.4) is 0 Å². The molecular formula is C11H17FN2O3S. The molecule has 0 saturated carbocycles. The Kier molecular flexibility index (Phi) is 4.53. The summed E-state index contributed by atoms with van der Waals surface area (Å²) in [5.41, 5.74) is 5.65. The Hall–Kier alpha value is -1.34. The molecule has 7 heteroatoms. The van der Waals surface area contributed by atoms with Crippen LogP contribution in [0.25, 0.3) is 0 Å². The average molecular weight is 276 g/mol. The van der Waals surface area contributed by atoms with Gasteiger partial charge in [-0.25, -0.2) is 17.5 Å². The van der Waals surface area contributed by atoms with Crippen molar-refractivity contribution in [1.82, 2.24) is 4.72 Å². The van der Waals surface area contributed by atoms with Crippen molar-refractivity contribution in [3.05, 3.63) is 17.9 Å². The van der Waals surface area contributed by atoms with E-state index < -0.39 is 20.7 Å². The minimum Gasteiger partial charge on any atom is -0.494 e. The Morgan fingerprint density at radius 2 is 2.11 bits per heavy atom. The van der Waals surface area contributed by atoms with E-state index in [9.17, 15) is 12.8 Å². The van der Waals surface area contributed by atoms with Gasteiger partial charge in [0, 0.05) is 12.1 Å². The molecule has 0 aliphatic rings. The fourth-order valence-corrected chi connectivity index (χ4v) is 2.77. The molecule has 102 valence electrons. The van der Waals surface area contributed by atoms with E-state index in [0.717, 1.165) is 12.1 Å². The highest BCUT2D eigenvalue weighted by Crippen LogP contribution is 2.27. The fourth-order valence-electron chi connectivity index (χ4n) is 1.35. The van der Waals surface area contributed by atoms with Crippen molar-refractivity contribution in [2.24, 2.45) is 0 Å². The van der Waals surface area contributed by atoms with Gasteiger partial charge in [0.25, 0.3) is 0 Å². The summed E-state index contributed by atoms with van der Waals surface area (Å²) in [6.45, 7) is 3.52. The minimum absolute atomic E-state index is 0.0726. The highest BCUT2D eigenvalue weighted by molar-refractivity contribution is 7.89. The van der Waals surface area contributed by atoms with Crippen LogP contribution in [0.4, 0.5) is 10.1 Å². The molecule has 1 rings (SSSR count). The number of nitrogens with two attached hydrogens (primary N) is 1. The highest BCUT2D eigenvalue weighted by atomic mass is 32.2. The van der Waals surface area contributed by atoms with E-state index in [1.807, 2.05) is 6.92 Å². The van der Waals surface area contributed by atoms with Crippen LogP contribution in [0, 0.1) is 5.82 Å². The lowest BCUT2D eigenvalue weighted by Crippen LogP contribution is -2.32. The van der Waals surface area contributed by atoms with Gasteiger partial charge in [-0.1, -0.05) is 6.92 Å². The Bertz CT molecular complexity index is 531. The molecule has 1 aromatic rings. The van der Waals surface area contributed by atoms with Crippen LogP contribution < -0.4 is 15.2 Å². The molecule has 0 heterocycles. The van der Waals surface area contributed by atoms with Crippen molar-refractivity contribution in [3.8, 4) is 5.75 Å². The van der Waals surface area contributed by atoms with Crippen molar-refractivity contribution in [3.63, 3.8) is 0 Å². The monoisotopic (exact) mass is 276 g/mol. The smallest absolute Gasteiger partial charge is 0.243 e. The Morgan fingerprint density at radius 1 is 1.50 bits per heavy atom. The van der Waals surface area contributed by atoms with Gasteiger partial charge in [0.15, 0.2) is 0 Å². The Labute approximate surface area is 106 Å². The number of rotatable bonds is 5. The average Bonchev–Trinajstić information content (AvgIpc) is 2.30. The number of halogens is 1. The van der Waals surface area contributed by atoms with E-state index in [-0.39, 0.29) is 17.5 Å². The summed E-state index contributed by atoms with van der Waals surface area (Å²) in [5, 5.41) is 0. The summed E-state index contributed by atoms with van der Waals surface area (Å²) in [6.07, 6.45) is 0.604. The summed E-state index contributed by atoms with van der Waals surface area (Å²) in [7, 11) is -2.58. The van der Waals surface area contributed by atoms with Gasteiger partial charge in [-0.2, -0.15) is 0 Å². The number of hydrogen-bond acceptors (Lipinski definition) is 4.